The lowest BCUT2D eigenvalue weighted by Crippen LogP contribution is -2.03. The number of carboxylic acids is 1. The fourth-order valence-electron chi connectivity index (χ4n) is 1.88. The molecule has 0 saturated carbocycles. The number of carboxylic acid groups (broad SMARTS) is 1. The van der Waals surface area contributed by atoms with Crippen LogP contribution in [0.1, 0.15) is 11.3 Å². The Hall–Kier alpha value is -2.36. The third kappa shape index (κ3) is 3.10. The van der Waals surface area contributed by atoms with E-state index in [2.05, 4.69) is 4.98 Å². The summed E-state index contributed by atoms with van der Waals surface area (Å²) in [5, 5.41) is 8.80. The third-order valence-electron chi connectivity index (χ3n) is 2.90. The molecule has 0 fully saturated rings. The molecule has 0 unspecified atom stereocenters. The molecule has 4 nitrogen and oxygen atoms in total. The Bertz CT molecular complexity index is 608. The predicted octanol–water partition coefficient (Wildman–Crippen LogP) is 2.69. The van der Waals surface area contributed by atoms with Crippen molar-refractivity contribution in [3.63, 3.8) is 0 Å². The molecule has 0 aliphatic rings. The number of benzene rings is 1. The number of pyridine rings is 1. The summed E-state index contributed by atoms with van der Waals surface area (Å²) in [6, 6.07) is 11.3. The zero-order valence-electron chi connectivity index (χ0n) is 10.9. The average molecular weight is 257 g/mol. The van der Waals surface area contributed by atoms with Crippen LogP contribution in [0, 0.1) is 6.92 Å². The van der Waals surface area contributed by atoms with E-state index in [4.69, 9.17) is 9.84 Å². The summed E-state index contributed by atoms with van der Waals surface area (Å²) in [5.74, 6) is -0.0782. The normalized spacial score (nSPS) is 10.2. The van der Waals surface area contributed by atoms with Crippen LogP contribution in [-0.4, -0.2) is 23.2 Å². The highest BCUT2D eigenvalue weighted by atomic mass is 16.5. The van der Waals surface area contributed by atoms with Gasteiger partial charge in [-0.1, -0.05) is 18.2 Å². The van der Waals surface area contributed by atoms with Crippen molar-refractivity contribution < 1.29 is 14.6 Å². The van der Waals surface area contributed by atoms with Crippen LogP contribution in [0.3, 0.4) is 0 Å². The first kappa shape index (κ1) is 13.1. The molecule has 0 aliphatic carbocycles. The number of aryl methyl sites for hydroxylation is 1. The van der Waals surface area contributed by atoms with Gasteiger partial charge in [0.05, 0.1) is 19.2 Å². The molecule has 2 aromatic rings. The summed E-state index contributed by atoms with van der Waals surface area (Å²) >= 11 is 0. The van der Waals surface area contributed by atoms with Gasteiger partial charge in [-0.3, -0.25) is 9.78 Å². The predicted molar refractivity (Wildman–Crippen MR) is 72.3 cm³/mol. The van der Waals surface area contributed by atoms with Crippen LogP contribution >= 0.6 is 0 Å². The minimum absolute atomic E-state index is 0.00275. The molecule has 0 spiro atoms. The first-order valence-corrected chi connectivity index (χ1v) is 5.93. The molecule has 0 bridgehead atoms. The van der Waals surface area contributed by atoms with E-state index in [-0.39, 0.29) is 6.42 Å². The zero-order chi connectivity index (χ0) is 13.8. The van der Waals surface area contributed by atoms with Crippen molar-refractivity contribution in [2.45, 2.75) is 13.3 Å². The molecule has 0 saturated heterocycles. The van der Waals surface area contributed by atoms with Gasteiger partial charge in [-0.15, -0.1) is 0 Å². The van der Waals surface area contributed by atoms with E-state index >= 15 is 0 Å². The van der Waals surface area contributed by atoms with Crippen LogP contribution in [0.5, 0.6) is 5.75 Å². The van der Waals surface area contributed by atoms with Gasteiger partial charge in [0, 0.05) is 11.3 Å². The van der Waals surface area contributed by atoms with E-state index in [0.29, 0.717) is 0 Å². The van der Waals surface area contributed by atoms with Gasteiger partial charge in [-0.25, -0.2) is 0 Å². The molecule has 0 amide bonds. The van der Waals surface area contributed by atoms with Gasteiger partial charge in [0.25, 0.3) is 0 Å². The van der Waals surface area contributed by atoms with E-state index in [1.807, 2.05) is 43.3 Å². The van der Waals surface area contributed by atoms with Crippen LogP contribution in [0.15, 0.2) is 36.4 Å². The quantitative estimate of drug-likeness (QED) is 0.914. The second-order valence-corrected chi connectivity index (χ2v) is 4.24. The molecule has 0 atom stereocenters. The maximum Gasteiger partial charge on any atom is 0.307 e. The summed E-state index contributed by atoms with van der Waals surface area (Å²) < 4.78 is 5.18. The number of nitrogens with zero attached hydrogens (tertiary/aromatic N) is 1. The number of aliphatic carboxylic acids is 1. The molecule has 19 heavy (non-hydrogen) atoms. The molecular formula is C15H15NO3. The Labute approximate surface area is 111 Å². The maximum atomic E-state index is 10.7. The summed E-state index contributed by atoms with van der Waals surface area (Å²) in [4.78, 5) is 15.2. The van der Waals surface area contributed by atoms with Crippen molar-refractivity contribution in [3.8, 4) is 17.0 Å². The molecule has 1 N–H and O–H groups in total. The second kappa shape index (κ2) is 5.52. The Morgan fingerprint density at radius 3 is 2.74 bits per heavy atom. The van der Waals surface area contributed by atoms with Gasteiger partial charge < -0.3 is 9.84 Å². The monoisotopic (exact) mass is 257 g/mol. The van der Waals surface area contributed by atoms with Crippen molar-refractivity contribution in [1.82, 2.24) is 4.98 Å². The van der Waals surface area contributed by atoms with Crippen LogP contribution in [-0.2, 0) is 11.2 Å². The van der Waals surface area contributed by atoms with Crippen molar-refractivity contribution >= 4 is 5.97 Å². The molecule has 4 heteroatoms. The van der Waals surface area contributed by atoms with E-state index in [9.17, 15) is 4.79 Å². The van der Waals surface area contributed by atoms with Crippen molar-refractivity contribution in [2.75, 3.05) is 7.11 Å². The van der Waals surface area contributed by atoms with Crippen LogP contribution in [0.2, 0.25) is 0 Å². The molecular weight excluding hydrogens is 242 g/mol. The summed E-state index contributed by atoms with van der Waals surface area (Å²) in [5.41, 5.74) is 3.23. The molecule has 1 aromatic carbocycles. The van der Waals surface area contributed by atoms with E-state index in [1.54, 1.807) is 7.11 Å². The summed E-state index contributed by atoms with van der Waals surface area (Å²) in [6.45, 7) is 1.82. The number of hydrogen-bond donors (Lipinski definition) is 1. The topological polar surface area (TPSA) is 59.4 Å². The Morgan fingerprint density at radius 1 is 1.32 bits per heavy atom. The highest BCUT2D eigenvalue weighted by Crippen LogP contribution is 2.23. The Balaban J connectivity index is 2.35. The lowest BCUT2D eigenvalue weighted by atomic mass is 10.1. The molecule has 2 rings (SSSR count). The second-order valence-electron chi connectivity index (χ2n) is 4.24. The van der Waals surface area contributed by atoms with E-state index in [0.717, 1.165) is 28.3 Å². The standard InChI is InChI=1S/C15H15NO3/c1-10-11(9-15(17)18)6-7-14(16-10)12-4-3-5-13(8-12)19-2/h3-8H,9H2,1-2H3,(H,17,18). The van der Waals surface area contributed by atoms with E-state index < -0.39 is 5.97 Å². The minimum Gasteiger partial charge on any atom is -0.497 e. The highest BCUT2D eigenvalue weighted by molar-refractivity contribution is 5.71. The maximum absolute atomic E-state index is 10.7. The van der Waals surface area contributed by atoms with Gasteiger partial charge in [0.1, 0.15) is 5.75 Å². The van der Waals surface area contributed by atoms with Gasteiger partial charge in [-0.05, 0) is 30.7 Å². The lowest BCUT2D eigenvalue weighted by Gasteiger charge is -2.07. The van der Waals surface area contributed by atoms with Crippen LogP contribution in [0.25, 0.3) is 11.3 Å². The number of hydrogen-bond acceptors (Lipinski definition) is 3. The van der Waals surface area contributed by atoms with Gasteiger partial charge >= 0.3 is 5.97 Å². The number of rotatable bonds is 4. The number of aromatic nitrogens is 1. The van der Waals surface area contributed by atoms with E-state index in [1.165, 1.54) is 0 Å². The minimum atomic E-state index is -0.848. The summed E-state index contributed by atoms with van der Waals surface area (Å²) in [6.07, 6.45) is -0.00275. The summed E-state index contributed by atoms with van der Waals surface area (Å²) in [7, 11) is 1.62. The fraction of sp³-hybridized carbons (Fsp3) is 0.200. The fourth-order valence-corrected chi connectivity index (χ4v) is 1.88. The van der Waals surface area contributed by atoms with Crippen LogP contribution < -0.4 is 4.74 Å². The third-order valence-corrected chi connectivity index (χ3v) is 2.90. The van der Waals surface area contributed by atoms with Crippen LogP contribution in [0.4, 0.5) is 0 Å². The van der Waals surface area contributed by atoms with Crippen molar-refractivity contribution in [3.05, 3.63) is 47.7 Å². The van der Waals surface area contributed by atoms with Gasteiger partial charge in [-0.2, -0.15) is 0 Å². The SMILES string of the molecule is COc1cccc(-c2ccc(CC(=O)O)c(C)n2)c1. The number of ether oxygens (including phenoxy) is 1. The van der Waals surface area contributed by atoms with Gasteiger partial charge in [0.15, 0.2) is 0 Å². The first-order valence-electron chi connectivity index (χ1n) is 5.93. The van der Waals surface area contributed by atoms with Crippen molar-refractivity contribution in [2.24, 2.45) is 0 Å². The highest BCUT2D eigenvalue weighted by Gasteiger charge is 2.07. The smallest absolute Gasteiger partial charge is 0.307 e. The molecule has 1 heterocycles. The Morgan fingerprint density at radius 2 is 2.11 bits per heavy atom. The molecule has 98 valence electrons. The number of methoxy groups -OCH3 is 1. The first-order chi connectivity index (χ1) is 9.10. The average Bonchev–Trinajstić information content (AvgIpc) is 2.40. The van der Waals surface area contributed by atoms with Crippen molar-refractivity contribution in [1.29, 1.82) is 0 Å². The molecule has 0 aliphatic heterocycles. The Kier molecular flexibility index (Phi) is 3.80. The van der Waals surface area contributed by atoms with Gasteiger partial charge in [0.2, 0.25) is 0 Å². The molecule has 1 aromatic heterocycles. The number of carbonyl (C=O) groups is 1. The zero-order valence-corrected chi connectivity index (χ0v) is 10.9. The lowest BCUT2D eigenvalue weighted by molar-refractivity contribution is -0.136. The largest absolute Gasteiger partial charge is 0.497 e. The molecule has 0 radical (unpaired) electrons.